The molecule has 136 valence electrons. The summed E-state index contributed by atoms with van der Waals surface area (Å²) in [6.45, 7) is 4.56. The molecule has 0 saturated carbocycles. The summed E-state index contributed by atoms with van der Waals surface area (Å²) >= 11 is 5.91. The Morgan fingerprint density at radius 1 is 1.23 bits per heavy atom. The van der Waals surface area contributed by atoms with E-state index in [9.17, 15) is 4.79 Å². The molecule has 0 saturated heterocycles. The van der Waals surface area contributed by atoms with Crippen molar-refractivity contribution in [2.45, 2.75) is 26.7 Å². The molecule has 0 bridgehead atoms. The standard InChI is InChI=1S/C18H19ClN4O3/c1-3-13-14-15(20-10-9-11-5-7-12(19)8-6-11)21-16(18(24)25-4-2)22-17(14)26-23-13/h5-8H,3-4,9-10H2,1-2H3,(H,20,21,22). The number of nitrogens with zero attached hydrogens (tertiary/aromatic N) is 3. The number of benzene rings is 1. The molecule has 0 amide bonds. The smallest absolute Gasteiger partial charge is 0.376 e. The number of anilines is 1. The van der Waals surface area contributed by atoms with Crippen LogP contribution in [0.15, 0.2) is 28.8 Å². The van der Waals surface area contributed by atoms with Gasteiger partial charge in [-0.2, -0.15) is 4.98 Å². The molecule has 26 heavy (non-hydrogen) atoms. The minimum atomic E-state index is -0.593. The maximum absolute atomic E-state index is 12.0. The molecule has 8 heteroatoms. The van der Waals surface area contributed by atoms with E-state index >= 15 is 0 Å². The molecule has 0 fully saturated rings. The summed E-state index contributed by atoms with van der Waals surface area (Å²) in [5.41, 5.74) is 2.15. The monoisotopic (exact) mass is 374 g/mol. The minimum absolute atomic E-state index is 0.0489. The molecule has 0 aliphatic heterocycles. The number of rotatable bonds is 7. The van der Waals surface area contributed by atoms with Gasteiger partial charge in [-0.25, -0.2) is 9.78 Å². The summed E-state index contributed by atoms with van der Waals surface area (Å²) < 4.78 is 10.2. The normalized spacial score (nSPS) is 10.9. The van der Waals surface area contributed by atoms with Crippen LogP contribution in [0.4, 0.5) is 5.82 Å². The van der Waals surface area contributed by atoms with Crippen LogP contribution in [0.1, 0.15) is 35.7 Å². The lowest BCUT2D eigenvalue weighted by molar-refractivity contribution is 0.0512. The van der Waals surface area contributed by atoms with Gasteiger partial charge in [0.05, 0.1) is 12.3 Å². The molecule has 2 heterocycles. The van der Waals surface area contributed by atoms with E-state index in [-0.39, 0.29) is 18.1 Å². The second kappa shape index (κ2) is 8.14. The van der Waals surface area contributed by atoms with Gasteiger partial charge in [0.25, 0.3) is 5.71 Å². The Balaban J connectivity index is 1.85. The van der Waals surface area contributed by atoms with E-state index < -0.39 is 5.97 Å². The largest absolute Gasteiger partial charge is 0.460 e. The maximum Gasteiger partial charge on any atom is 0.376 e. The Hall–Kier alpha value is -2.67. The number of aryl methyl sites for hydroxylation is 1. The van der Waals surface area contributed by atoms with Gasteiger partial charge in [0.15, 0.2) is 0 Å². The van der Waals surface area contributed by atoms with Crippen LogP contribution in [0.2, 0.25) is 5.02 Å². The molecule has 1 aromatic carbocycles. The topological polar surface area (TPSA) is 90.1 Å². The van der Waals surface area contributed by atoms with E-state index in [1.807, 2.05) is 31.2 Å². The first kappa shape index (κ1) is 18.1. The molecule has 0 atom stereocenters. The zero-order valence-electron chi connectivity index (χ0n) is 14.6. The molecule has 3 aromatic rings. The average Bonchev–Trinajstić information content (AvgIpc) is 3.07. The molecule has 0 unspecified atom stereocenters. The lowest BCUT2D eigenvalue weighted by Gasteiger charge is -2.09. The lowest BCUT2D eigenvalue weighted by Crippen LogP contribution is -2.13. The average molecular weight is 375 g/mol. The SMILES string of the molecule is CCOC(=O)c1nc(NCCc2ccc(Cl)cc2)c2c(CC)noc2n1. The van der Waals surface area contributed by atoms with Gasteiger partial charge in [-0.3, -0.25) is 0 Å². The zero-order valence-corrected chi connectivity index (χ0v) is 15.3. The number of esters is 1. The number of ether oxygens (including phenoxy) is 1. The van der Waals surface area contributed by atoms with Crippen molar-refractivity contribution in [2.24, 2.45) is 0 Å². The van der Waals surface area contributed by atoms with Crippen molar-refractivity contribution >= 4 is 34.5 Å². The van der Waals surface area contributed by atoms with Crippen molar-refractivity contribution in [3.05, 3.63) is 46.4 Å². The fraction of sp³-hybridized carbons (Fsp3) is 0.333. The number of aromatic nitrogens is 3. The predicted molar refractivity (Wildman–Crippen MR) is 98.6 cm³/mol. The third kappa shape index (κ3) is 3.94. The molecule has 1 N–H and O–H groups in total. The predicted octanol–water partition coefficient (Wildman–Crippen LogP) is 3.66. The van der Waals surface area contributed by atoms with Gasteiger partial charge >= 0.3 is 5.97 Å². The van der Waals surface area contributed by atoms with Crippen molar-refractivity contribution in [3.63, 3.8) is 0 Å². The number of fused-ring (bicyclic) bond motifs is 1. The fourth-order valence-corrected chi connectivity index (χ4v) is 2.67. The second-order valence-electron chi connectivity index (χ2n) is 5.58. The number of nitrogens with one attached hydrogen (secondary N) is 1. The third-order valence-corrected chi connectivity index (χ3v) is 4.07. The van der Waals surface area contributed by atoms with Gasteiger partial charge in [0.1, 0.15) is 11.2 Å². The second-order valence-corrected chi connectivity index (χ2v) is 6.02. The van der Waals surface area contributed by atoms with E-state index in [2.05, 4.69) is 20.4 Å². The van der Waals surface area contributed by atoms with Crippen LogP contribution in [0.3, 0.4) is 0 Å². The van der Waals surface area contributed by atoms with Gasteiger partial charge < -0.3 is 14.6 Å². The van der Waals surface area contributed by atoms with Crippen LogP contribution >= 0.6 is 11.6 Å². The van der Waals surface area contributed by atoms with E-state index in [1.165, 1.54) is 0 Å². The summed E-state index contributed by atoms with van der Waals surface area (Å²) in [5, 5.41) is 8.67. The van der Waals surface area contributed by atoms with Crippen LogP contribution in [-0.2, 0) is 17.6 Å². The summed E-state index contributed by atoms with van der Waals surface area (Å²) in [6.07, 6.45) is 1.44. The first-order chi connectivity index (χ1) is 12.6. The Kier molecular flexibility index (Phi) is 5.68. The first-order valence-electron chi connectivity index (χ1n) is 8.44. The van der Waals surface area contributed by atoms with E-state index in [0.29, 0.717) is 29.2 Å². The van der Waals surface area contributed by atoms with Crippen LogP contribution in [0.5, 0.6) is 0 Å². The quantitative estimate of drug-likeness (QED) is 0.631. The van der Waals surface area contributed by atoms with E-state index in [4.69, 9.17) is 20.9 Å². The highest BCUT2D eigenvalue weighted by Gasteiger charge is 2.20. The Morgan fingerprint density at radius 2 is 2.00 bits per heavy atom. The number of hydrogen-bond donors (Lipinski definition) is 1. The summed E-state index contributed by atoms with van der Waals surface area (Å²) in [6, 6.07) is 7.66. The molecule has 3 rings (SSSR count). The van der Waals surface area contributed by atoms with Crippen LogP contribution in [-0.4, -0.2) is 34.2 Å². The van der Waals surface area contributed by atoms with Gasteiger partial charge in [0.2, 0.25) is 5.82 Å². The molecular weight excluding hydrogens is 356 g/mol. The Bertz CT molecular complexity index is 909. The maximum atomic E-state index is 12.0. The third-order valence-electron chi connectivity index (χ3n) is 3.82. The van der Waals surface area contributed by atoms with Crippen LogP contribution in [0.25, 0.3) is 11.1 Å². The van der Waals surface area contributed by atoms with Crippen molar-refractivity contribution in [1.82, 2.24) is 15.1 Å². The zero-order chi connectivity index (χ0) is 18.5. The number of carbonyl (C=O) groups is 1. The van der Waals surface area contributed by atoms with Crippen molar-refractivity contribution < 1.29 is 14.1 Å². The van der Waals surface area contributed by atoms with Crippen LogP contribution in [0, 0.1) is 0 Å². The van der Waals surface area contributed by atoms with Crippen LogP contribution < -0.4 is 5.32 Å². The van der Waals surface area contributed by atoms with Gasteiger partial charge in [-0.1, -0.05) is 35.8 Å². The van der Waals surface area contributed by atoms with Gasteiger partial charge in [-0.05, 0) is 37.5 Å². The Morgan fingerprint density at radius 3 is 2.69 bits per heavy atom. The molecule has 2 aromatic heterocycles. The highest BCUT2D eigenvalue weighted by molar-refractivity contribution is 6.30. The highest BCUT2D eigenvalue weighted by Crippen LogP contribution is 2.25. The molecule has 0 spiro atoms. The number of halogens is 1. The lowest BCUT2D eigenvalue weighted by atomic mass is 10.1. The molecular formula is C18H19ClN4O3. The molecule has 0 aliphatic rings. The summed E-state index contributed by atoms with van der Waals surface area (Å²) in [4.78, 5) is 20.5. The van der Waals surface area contributed by atoms with Gasteiger partial charge in [-0.15, -0.1) is 0 Å². The Labute approximate surface area is 155 Å². The van der Waals surface area contributed by atoms with Gasteiger partial charge in [0, 0.05) is 11.6 Å². The molecule has 0 radical (unpaired) electrons. The summed E-state index contributed by atoms with van der Waals surface area (Å²) in [5.74, 6) is -0.123. The molecule has 0 aliphatic carbocycles. The van der Waals surface area contributed by atoms with Crippen molar-refractivity contribution in [1.29, 1.82) is 0 Å². The summed E-state index contributed by atoms with van der Waals surface area (Å²) in [7, 11) is 0. The minimum Gasteiger partial charge on any atom is -0.460 e. The first-order valence-corrected chi connectivity index (χ1v) is 8.81. The van der Waals surface area contributed by atoms with Crippen molar-refractivity contribution in [3.8, 4) is 0 Å². The van der Waals surface area contributed by atoms with E-state index in [1.54, 1.807) is 6.92 Å². The fourth-order valence-electron chi connectivity index (χ4n) is 2.54. The number of carbonyl (C=O) groups excluding carboxylic acids is 1. The van der Waals surface area contributed by atoms with Crippen molar-refractivity contribution in [2.75, 3.05) is 18.5 Å². The highest BCUT2D eigenvalue weighted by atomic mass is 35.5. The number of hydrogen-bond acceptors (Lipinski definition) is 7. The van der Waals surface area contributed by atoms with E-state index in [0.717, 1.165) is 17.7 Å². The molecule has 7 nitrogen and oxygen atoms in total.